The van der Waals surface area contributed by atoms with Crippen LogP contribution in [0, 0.1) is 0 Å². The lowest BCUT2D eigenvalue weighted by Crippen LogP contribution is -2.28. The zero-order valence-electron chi connectivity index (χ0n) is 12.1. The van der Waals surface area contributed by atoms with E-state index in [0.29, 0.717) is 17.8 Å². The number of carbonyl (C=O) groups is 2. The highest BCUT2D eigenvalue weighted by Crippen LogP contribution is 2.16. The van der Waals surface area contributed by atoms with Crippen LogP contribution in [0.25, 0.3) is 0 Å². The van der Waals surface area contributed by atoms with Crippen molar-refractivity contribution in [3.05, 3.63) is 29.8 Å². The molecule has 5 nitrogen and oxygen atoms in total. The molecular weight excluding hydrogens is 254 g/mol. The lowest BCUT2D eigenvalue weighted by molar-refractivity contribution is -0.116. The van der Waals surface area contributed by atoms with E-state index in [0.717, 1.165) is 25.9 Å². The van der Waals surface area contributed by atoms with Crippen molar-refractivity contribution in [2.24, 2.45) is 0 Å². The van der Waals surface area contributed by atoms with Crippen LogP contribution in [0.1, 0.15) is 23.2 Å². The van der Waals surface area contributed by atoms with E-state index in [4.69, 9.17) is 0 Å². The number of hydrogen-bond donors (Lipinski definition) is 1. The molecule has 2 rings (SSSR count). The van der Waals surface area contributed by atoms with Crippen molar-refractivity contribution in [2.45, 2.75) is 12.8 Å². The Kier molecular flexibility index (Phi) is 4.74. The summed E-state index contributed by atoms with van der Waals surface area (Å²) in [6.45, 7) is 1.98. The maximum atomic E-state index is 12.3. The lowest BCUT2D eigenvalue weighted by Gasteiger charge is -2.16. The van der Waals surface area contributed by atoms with E-state index in [1.54, 1.807) is 29.2 Å². The molecule has 0 spiro atoms. The van der Waals surface area contributed by atoms with Crippen LogP contribution in [0.15, 0.2) is 24.3 Å². The molecule has 2 amide bonds. The van der Waals surface area contributed by atoms with Crippen LogP contribution in [-0.2, 0) is 4.79 Å². The fourth-order valence-electron chi connectivity index (χ4n) is 2.32. The standard InChI is InChI=1S/C15H21N3O2/c1-17(2)11-14(19)16-13-7-5-6-12(10-13)15(20)18-8-3-4-9-18/h5-7,10H,3-4,8-9,11H2,1-2H3,(H,16,19). The van der Waals surface area contributed by atoms with Crippen molar-refractivity contribution < 1.29 is 9.59 Å². The molecule has 1 fully saturated rings. The Morgan fingerprint density at radius 2 is 1.95 bits per heavy atom. The second-order valence-corrected chi connectivity index (χ2v) is 5.37. The number of likely N-dealkylation sites (N-methyl/N-ethyl adjacent to an activating group) is 1. The van der Waals surface area contributed by atoms with Gasteiger partial charge in [0.2, 0.25) is 5.91 Å². The Hall–Kier alpha value is -1.88. The molecule has 1 N–H and O–H groups in total. The molecular formula is C15H21N3O2. The van der Waals surface area contributed by atoms with Gasteiger partial charge in [-0.05, 0) is 45.1 Å². The topological polar surface area (TPSA) is 52.7 Å². The van der Waals surface area contributed by atoms with Gasteiger partial charge in [-0.2, -0.15) is 0 Å². The third-order valence-corrected chi connectivity index (χ3v) is 3.25. The van der Waals surface area contributed by atoms with E-state index < -0.39 is 0 Å². The van der Waals surface area contributed by atoms with Crippen LogP contribution in [-0.4, -0.2) is 55.3 Å². The summed E-state index contributed by atoms with van der Waals surface area (Å²) >= 11 is 0. The number of amides is 2. The molecule has 1 aromatic rings. The minimum Gasteiger partial charge on any atom is -0.339 e. The number of likely N-dealkylation sites (tertiary alicyclic amines) is 1. The first kappa shape index (κ1) is 14.5. The highest BCUT2D eigenvalue weighted by molar-refractivity contribution is 5.97. The highest BCUT2D eigenvalue weighted by Gasteiger charge is 2.19. The molecule has 20 heavy (non-hydrogen) atoms. The minimum absolute atomic E-state index is 0.0474. The average molecular weight is 275 g/mol. The Bertz CT molecular complexity index is 494. The summed E-state index contributed by atoms with van der Waals surface area (Å²) < 4.78 is 0. The zero-order chi connectivity index (χ0) is 14.5. The van der Waals surface area contributed by atoms with E-state index >= 15 is 0 Å². The van der Waals surface area contributed by atoms with Gasteiger partial charge in [0.05, 0.1) is 6.54 Å². The first-order chi connectivity index (χ1) is 9.56. The lowest BCUT2D eigenvalue weighted by atomic mass is 10.1. The molecule has 0 atom stereocenters. The summed E-state index contributed by atoms with van der Waals surface area (Å²) in [4.78, 5) is 27.6. The SMILES string of the molecule is CN(C)CC(=O)Nc1cccc(C(=O)N2CCCC2)c1. The van der Waals surface area contributed by atoms with Crippen LogP contribution in [0.4, 0.5) is 5.69 Å². The number of rotatable bonds is 4. The van der Waals surface area contributed by atoms with Crippen LogP contribution in [0.3, 0.4) is 0 Å². The summed E-state index contributed by atoms with van der Waals surface area (Å²) in [5.74, 6) is -0.0352. The molecule has 0 aliphatic carbocycles. The van der Waals surface area contributed by atoms with Gasteiger partial charge in [-0.1, -0.05) is 6.07 Å². The molecule has 1 saturated heterocycles. The van der Waals surface area contributed by atoms with Gasteiger partial charge in [-0.15, -0.1) is 0 Å². The van der Waals surface area contributed by atoms with Gasteiger partial charge in [-0.25, -0.2) is 0 Å². The Morgan fingerprint density at radius 1 is 1.25 bits per heavy atom. The molecule has 0 saturated carbocycles. The second-order valence-electron chi connectivity index (χ2n) is 5.37. The van der Waals surface area contributed by atoms with Crippen LogP contribution in [0.5, 0.6) is 0 Å². The molecule has 0 radical (unpaired) electrons. The normalized spacial score (nSPS) is 14.7. The fourth-order valence-corrected chi connectivity index (χ4v) is 2.32. The number of carbonyl (C=O) groups excluding carboxylic acids is 2. The van der Waals surface area contributed by atoms with Gasteiger partial charge >= 0.3 is 0 Å². The number of benzene rings is 1. The van der Waals surface area contributed by atoms with Crippen LogP contribution < -0.4 is 5.32 Å². The van der Waals surface area contributed by atoms with Gasteiger partial charge in [0.15, 0.2) is 0 Å². The van der Waals surface area contributed by atoms with E-state index in [2.05, 4.69) is 5.32 Å². The number of hydrogen-bond acceptors (Lipinski definition) is 3. The van der Waals surface area contributed by atoms with Gasteiger partial charge in [-0.3, -0.25) is 9.59 Å². The van der Waals surface area contributed by atoms with E-state index in [9.17, 15) is 9.59 Å². The molecule has 108 valence electrons. The first-order valence-corrected chi connectivity index (χ1v) is 6.90. The van der Waals surface area contributed by atoms with Gasteiger partial charge in [0.25, 0.3) is 5.91 Å². The van der Waals surface area contributed by atoms with Gasteiger partial charge in [0, 0.05) is 24.3 Å². The van der Waals surface area contributed by atoms with Gasteiger partial charge in [0.1, 0.15) is 0 Å². The summed E-state index contributed by atoms with van der Waals surface area (Å²) in [6.07, 6.45) is 2.15. The predicted molar refractivity (Wildman–Crippen MR) is 78.8 cm³/mol. The Balaban J connectivity index is 2.03. The van der Waals surface area contributed by atoms with Crippen molar-refractivity contribution in [3.8, 4) is 0 Å². The molecule has 0 unspecified atom stereocenters. The Morgan fingerprint density at radius 3 is 2.60 bits per heavy atom. The third-order valence-electron chi connectivity index (χ3n) is 3.25. The average Bonchev–Trinajstić information content (AvgIpc) is 2.91. The molecule has 1 aliphatic rings. The summed E-state index contributed by atoms with van der Waals surface area (Å²) in [5, 5.41) is 2.81. The molecule has 1 aliphatic heterocycles. The van der Waals surface area contributed by atoms with Crippen molar-refractivity contribution in [3.63, 3.8) is 0 Å². The molecule has 1 aromatic carbocycles. The van der Waals surface area contributed by atoms with Crippen molar-refractivity contribution in [2.75, 3.05) is 39.0 Å². The second kappa shape index (κ2) is 6.52. The highest BCUT2D eigenvalue weighted by atomic mass is 16.2. The van der Waals surface area contributed by atoms with Crippen molar-refractivity contribution in [1.82, 2.24) is 9.80 Å². The minimum atomic E-state index is -0.0826. The molecule has 5 heteroatoms. The maximum absolute atomic E-state index is 12.3. The summed E-state index contributed by atoms with van der Waals surface area (Å²) in [7, 11) is 3.68. The molecule has 0 aromatic heterocycles. The monoisotopic (exact) mass is 275 g/mol. The smallest absolute Gasteiger partial charge is 0.253 e. The quantitative estimate of drug-likeness (QED) is 0.904. The maximum Gasteiger partial charge on any atom is 0.253 e. The van der Waals surface area contributed by atoms with Crippen molar-refractivity contribution >= 4 is 17.5 Å². The van der Waals surface area contributed by atoms with E-state index in [1.807, 2.05) is 19.0 Å². The fraction of sp³-hybridized carbons (Fsp3) is 0.467. The van der Waals surface area contributed by atoms with Crippen LogP contribution in [0.2, 0.25) is 0 Å². The summed E-state index contributed by atoms with van der Waals surface area (Å²) in [6, 6.07) is 7.14. The number of anilines is 1. The molecule has 1 heterocycles. The number of nitrogens with one attached hydrogen (secondary N) is 1. The van der Waals surface area contributed by atoms with Gasteiger partial charge < -0.3 is 15.1 Å². The van der Waals surface area contributed by atoms with Crippen LogP contribution >= 0.6 is 0 Å². The third kappa shape index (κ3) is 3.81. The first-order valence-electron chi connectivity index (χ1n) is 6.90. The Labute approximate surface area is 119 Å². The van der Waals surface area contributed by atoms with E-state index in [-0.39, 0.29) is 11.8 Å². The van der Waals surface area contributed by atoms with E-state index in [1.165, 1.54) is 0 Å². The molecule has 0 bridgehead atoms. The summed E-state index contributed by atoms with van der Waals surface area (Å²) in [5.41, 5.74) is 1.30. The predicted octanol–water partition coefficient (Wildman–Crippen LogP) is 1.42. The number of nitrogens with zero attached hydrogens (tertiary/aromatic N) is 2. The zero-order valence-corrected chi connectivity index (χ0v) is 12.1. The van der Waals surface area contributed by atoms with Crippen molar-refractivity contribution in [1.29, 1.82) is 0 Å². The largest absolute Gasteiger partial charge is 0.339 e.